The summed E-state index contributed by atoms with van der Waals surface area (Å²) in [5.41, 5.74) is 0.750. The number of sulfone groups is 1. The molecule has 1 fully saturated rings. The molecule has 0 saturated carbocycles. The predicted octanol–water partition coefficient (Wildman–Crippen LogP) is 1.79. The zero-order valence-corrected chi connectivity index (χ0v) is 12.2. The first-order chi connectivity index (χ1) is 9.05. The van der Waals surface area contributed by atoms with Gasteiger partial charge in [-0.05, 0) is 38.1 Å². The van der Waals surface area contributed by atoms with Crippen molar-refractivity contribution in [3.63, 3.8) is 0 Å². The molecule has 0 bridgehead atoms. The molecular formula is C14H21N2O2S. The topological polar surface area (TPSA) is 49.4 Å². The van der Waals surface area contributed by atoms with Gasteiger partial charge in [-0.15, -0.1) is 0 Å². The Morgan fingerprint density at radius 3 is 2.74 bits per heavy atom. The summed E-state index contributed by atoms with van der Waals surface area (Å²) in [7, 11) is -3.14. The first-order valence-electron chi connectivity index (χ1n) is 6.74. The van der Waals surface area contributed by atoms with Gasteiger partial charge in [0.05, 0.1) is 4.90 Å². The maximum absolute atomic E-state index is 11.5. The number of anilines is 1. The lowest BCUT2D eigenvalue weighted by Crippen LogP contribution is -2.33. The van der Waals surface area contributed by atoms with Crippen LogP contribution in [-0.4, -0.2) is 45.8 Å². The maximum Gasteiger partial charge on any atom is 0.175 e. The van der Waals surface area contributed by atoms with Crippen molar-refractivity contribution in [2.45, 2.75) is 24.2 Å². The summed E-state index contributed by atoms with van der Waals surface area (Å²) in [6.07, 6.45) is 5.14. The van der Waals surface area contributed by atoms with E-state index in [1.165, 1.54) is 38.6 Å². The minimum Gasteiger partial charge on any atom is -0.383 e. The van der Waals surface area contributed by atoms with E-state index in [0.29, 0.717) is 4.90 Å². The van der Waals surface area contributed by atoms with Crippen molar-refractivity contribution in [3.8, 4) is 0 Å². The number of hydrogen-bond donors (Lipinski definition) is 1. The van der Waals surface area contributed by atoms with E-state index in [1.54, 1.807) is 18.2 Å². The van der Waals surface area contributed by atoms with Gasteiger partial charge in [0.1, 0.15) is 0 Å². The average molecular weight is 281 g/mol. The lowest BCUT2D eigenvalue weighted by Gasteiger charge is -2.26. The van der Waals surface area contributed by atoms with Gasteiger partial charge in [0.2, 0.25) is 0 Å². The highest BCUT2D eigenvalue weighted by Crippen LogP contribution is 2.14. The quantitative estimate of drug-likeness (QED) is 0.894. The summed E-state index contributed by atoms with van der Waals surface area (Å²) in [4.78, 5) is 2.78. The lowest BCUT2D eigenvalue weighted by atomic mass is 10.1. The van der Waals surface area contributed by atoms with Crippen molar-refractivity contribution in [1.29, 1.82) is 0 Å². The van der Waals surface area contributed by atoms with Crippen LogP contribution in [0.3, 0.4) is 0 Å². The molecule has 0 atom stereocenters. The van der Waals surface area contributed by atoms with E-state index < -0.39 is 9.84 Å². The molecule has 0 aromatic heterocycles. The van der Waals surface area contributed by atoms with Gasteiger partial charge in [-0.1, -0.05) is 12.5 Å². The summed E-state index contributed by atoms with van der Waals surface area (Å²) >= 11 is 0. The minimum absolute atomic E-state index is 0.340. The summed E-state index contributed by atoms with van der Waals surface area (Å²) in [5.74, 6) is 0. The summed E-state index contributed by atoms with van der Waals surface area (Å²) in [6.45, 7) is 4.17. The van der Waals surface area contributed by atoms with Crippen molar-refractivity contribution < 1.29 is 8.42 Å². The monoisotopic (exact) mass is 281 g/mol. The molecule has 105 valence electrons. The van der Waals surface area contributed by atoms with Gasteiger partial charge in [-0.3, -0.25) is 0 Å². The number of nitrogens with zero attached hydrogens (tertiary/aromatic N) is 1. The molecule has 0 unspecified atom stereocenters. The van der Waals surface area contributed by atoms with Crippen LogP contribution in [0.5, 0.6) is 0 Å². The number of likely N-dealkylation sites (tertiary alicyclic amines) is 1. The Bertz CT molecular complexity index is 508. The summed E-state index contributed by atoms with van der Waals surface area (Å²) in [6, 6.07) is 7.90. The number of piperidine rings is 1. The van der Waals surface area contributed by atoms with Gasteiger partial charge in [0, 0.05) is 31.1 Å². The second-order valence-electron chi connectivity index (χ2n) is 5.04. The zero-order valence-electron chi connectivity index (χ0n) is 11.4. The Labute approximate surface area is 115 Å². The Morgan fingerprint density at radius 1 is 1.32 bits per heavy atom. The van der Waals surface area contributed by atoms with E-state index in [1.807, 2.05) is 0 Å². The molecule has 1 radical (unpaired) electrons. The molecule has 1 aromatic rings. The first kappa shape index (κ1) is 14.3. The van der Waals surface area contributed by atoms with E-state index in [4.69, 9.17) is 0 Å². The van der Waals surface area contributed by atoms with Gasteiger partial charge < -0.3 is 10.2 Å². The first-order valence-corrected chi connectivity index (χ1v) is 8.63. The molecule has 1 aromatic carbocycles. The number of rotatable bonds is 5. The third-order valence-electron chi connectivity index (χ3n) is 3.39. The van der Waals surface area contributed by atoms with E-state index in [9.17, 15) is 8.42 Å². The minimum atomic E-state index is -3.14. The SMILES string of the molecule is CS(=O)(=O)c1cc[c]c(NCCN2CCCCC2)c1. The van der Waals surface area contributed by atoms with Crippen molar-refractivity contribution in [3.05, 3.63) is 24.3 Å². The van der Waals surface area contributed by atoms with Crippen LogP contribution in [0.15, 0.2) is 23.1 Å². The van der Waals surface area contributed by atoms with Crippen molar-refractivity contribution in [1.82, 2.24) is 4.90 Å². The van der Waals surface area contributed by atoms with Gasteiger partial charge in [0.25, 0.3) is 0 Å². The van der Waals surface area contributed by atoms with Crippen LogP contribution in [0.2, 0.25) is 0 Å². The molecule has 19 heavy (non-hydrogen) atoms. The second kappa shape index (κ2) is 6.39. The zero-order chi connectivity index (χ0) is 13.7. The van der Waals surface area contributed by atoms with Crippen LogP contribution in [-0.2, 0) is 9.84 Å². The molecule has 4 nitrogen and oxygen atoms in total. The molecule has 1 N–H and O–H groups in total. The molecule has 1 heterocycles. The van der Waals surface area contributed by atoms with E-state index in [0.717, 1.165) is 18.8 Å². The average Bonchev–Trinajstić information content (AvgIpc) is 2.39. The molecule has 1 aliphatic heterocycles. The largest absolute Gasteiger partial charge is 0.383 e. The maximum atomic E-state index is 11.5. The fourth-order valence-corrected chi connectivity index (χ4v) is 2.96. The smallest absolute Gasteiger partial charge is 0.175 e. The van der Waals surface area contributed by atoms with E-state index >= 15 is 0 Å². The lowest BCUT2D eigenvalue weighted by molar-refractivity contribution is 0.237. The molecule has 1 saturated heterocycles. The van der Waals surface area contributed by atoms with E-state index in [2.05, 4.69) is 16.3 Å². The Morgan fingerprint density at radius 2 is 2.05 bits per heavy atom. The van der Waals surface area contributed by atoms with Crippen LogP contribution in [0.25, 0.3) is 0 Å². The summed E-state index contributed by atoms with van der Waals surface area (Å²) < 4.78 is 22.9. The van der Waals surface area contributed by atoms with Crippen LogP contribution >= 0.6 is 0 Å². The van der Waals surface area contributed by atoms with Crippen LogP contribution in [0, 0.1) is 6.07 Å². The molecule has 0 amide bonds. The second-order valence-corrected chi connectivity index (χ2v) is 7.06. The summed E-state index contributed by atoms with van der Waals surface area (Å²) in [5, 5.41) is 3.24. The van der Waals surface area contributed by atoms with E-state index in [-0.39, 0.29) is 0 Å². The van der Waals surface area contributed by atoms with Crippen LogP contribution in [0.4, 0.5) is 5.69 Å². The Kier molecular flexibility index (Phi) is 4.82. The predicted molar refractivity (Wildman–Crippen MR) is 77.2 cm³/mol. The van der Waals surface area contributed by atoms with Gasteiger partial charge >= 0.3 is 0 Å². The third-order valence-corrected chi connectivity index (χ3v) is 4.50. The molecule has 0 spiro atoms. The Balaban J connectivity index is 1.85. The van der Waals surface area contributed by atoms with Crippen molar-refractivity contribution in [2.24, 2.45) is 0 Å². The Hall–Kier alpha value is -1.07. The molecule has 1 aliphatic rings. The highest BCUT2D eigenvalue weighted by atomic mass is 32.2. The normalized spacial score (nSPS) is 17.3. The molecular weight excluding hydrogens is 260 g/mol. The fraction of sp³-hybridized carbons (Fsp3) is 0.571. The highest BCUT2D eigenvalue weighted by molar-refractivity contribution is 7.90. The van der Waals surface area contributed by atoms with Gasteiger partial charge in [0.15, 0.2) is 9.84 Å². The fourth-order valence-electron chi connectivity index (χ4n) is 2.31. The molecule has 0 aliphatic carbocycles. The van der Waals surface area contributed by atoms with Crippen molar-refractivity contribution in [2.75, 3.05) is 37.8 Å². The standard InChI is InChI=1S/C14H21N2O2S/c1-19(17,18)14-7-5-6-13(12-14)15-8-11-16-9-3-2-4-10-16/h5,7,12,15H,2-4,8-11H2,1H3. The van der Waals surface area contributed by atoms with Crippen molar-refractivity contribution >= 4 is 15.5 Å². The number of hydrogen-bond acceptors (Lipinski definition) is 4. The number of nitrogens with one attached hydrogen (secondary N) is 1. The van der Waals surface area contributed by atoms with Crippen LogP contribution in [0.1, 0.15) is 19.3 Å². The van der Waals surface area contributed by atoms with Gasteiger partial charge in [-0.25, -0.2) is 8.42 Å². The van der Waals surface area contributed by atoms with Gasteiger partial charge in [-0.2, -0.15) is 0 Å². The highest BCUT2D eigenvalue weighted by Gasteiger charge is 2.10. The molecule has 2 rings (SSSR count). The third kappa shape index (κ3) is 4.51. The van der Waals surface area contributed by atoms with Crippen LogP contribution < -0.4 is 5.32 Å². The molecule has 5 heteroatoms. The number of benzene rings is 1.